The van der Waals surface area contributed by atoms with Crippen molar-refractivity contribution >= 4 is 50.6 Å². The number of methoxy groups -OCH3 is 1. The van der Waals surface area contributed by atoms with Crippen molar-refractivity contribution < 1.29 is 18.3 Å². The van der Waals surface area contributed by atoms with Crippen molar-refractivity contribution in [1.82, 2.24) is 14.2 Å². The molecule has 1 N–H and O–H groups in total. The van der Waals surface area contributed by atoms with E-state index in [9.17, 15) is 14.0 Å². The van der Waals surface area contributed by atoms with Crippen molar-refractivity contribution in [3.63, 3.8) is 0 Å². The Labute approximate surface area is 255 Å². The summed E-state index contributed by atoms with van der Waals surface area (Å²) in [6.07, 6.45) is 1.61. The molecule has 0 fully saturated rings. The van der Waals surface area contributed by atoms with Crippen LogP contribution in [0.15, 0.2) is 111 Å². The van der Waals surface area contributed by atoms with Gasteiger partial charge in [0.05, 0.1) is 29.6 Å². The first-order valence-corrected chi connectivity index (χ1v) is 14.2. The second-order valence-electron chi connectivity index (χ2n) is 10.5. The highest BCUT2D eigenvalue weighted by Crippen LogP contribution is 2.33. The normalized spacial score (nSPS) is 11.6. The van der Waals surface area contributed by atoms with E-state index in [0.29, 0.717) is 33.7 Å². The van der Waals surface area contributed by atoms with Crippen LogP contribution < -0.4 is 15.6 Å². The number of ether oxygens (including phenoxy) is 1. The number of amides is 1. The molecule has 45 heavy (non-hydrogen) atoms. The second kappa shape index (κ2) is 11.2. The number of anilines is 1. The maximum atomic E-state index is 13.8. The fourth-order valence-electron chi connectivity index (χ4n) is 5.53. The lowest BCUT2D eigenvalue weighted by Gasteiger charge is -2.10. The van der Waals surface area contributed by atoms with E-state index in [2.05, 4.69) is 10.4 Å². The van der Waals surface area contributed by atoms with Gasteiger partial charge in [0.2, 0.25) is 11.7 Å². The number of carbonyl (C=O) groups is 1. The van der Waals surface area contributed by atoms with Gasteiger partial charge in [-0.15, -0.1) is 0 Å². The van der Waals surface area contributed by atoms with Gasteiger partial charge in [0.25, 0.3) is 5.56 Å². The van der Waals surface area contributed by atoms with Crippen LogP contribution in [-0.2, 0) is 11.3 Å². The average molecular weight is 600 g/mol. The molecule has 0 aliphatic rings. The number of halogens is 1. The molecule has 3 aromatic heterocycles. The van der Waals surface area contributed by atoms with Gasteiger partial charge in [-0.25, -0.2) is 9.37 Å². The van der Waals surface area contributed by atoms with Crippen LogP contribution >= 0.6 is 0 Å². The van der Waals surface area contributed by atoms with Crippen LogP contribution in [0.3, 0.4) is 0 Å². The van der Waals surface area contributed by atoms with E-state index in [4.69, 9.17) is 14.1 Å². The van der Waals surface area contributed by atoms with Crippen LogP contribution in [0.2, 0.25) is 0 Å². The van der Waals surface area contributed by atoms with Crippen molar-refractivity contribution in [3.05, 3.63) is 124 Å². The second-order valence-corrected chi connectivity index (χ2v) is 10.5. The lowest BCUT2D eigenvalue weighted by molar-refractivity contribution is -0.116. The van der Waals surface area contributed by atoms with Crippen LogP contribution in [0.4, 0.5) is 10.1 Å². The van der Waals surface area contributed by atoms with E-state index in [1.807, 2.05) is 60.0 Å². The summed E-state index contributed by atoms with van der Waals surface area (Å²) in [6, 6.07) is 27.6. The molecule has 0 atom stereocenters. The highest BCUT2D eigenvalue weighted by molar-refractivity contribution is 6.02. The molecule has 0 bridgehead atoms. The highest BCUT2D eigenvalue weighted by atomic mass is 19.1. The summed E-state index contributed by atoms with van der Waals surface area (Å²) >= 11 is 0. The maximum absolute atomic E-state index is 13.8. The zero-order valence-corrected chi connectivity index (χ0v) is 24.3. The van der Waals surface area contributed by atoms with E-state index >= 15 is 0 Å². The van der Waals surface area contributed by atoms with Gasteiger partial charge in [-0.1, -0.05) is 36.4 Å². The zero-order valence-electron chi connectivity index (χ0n) is 24.3. The van der Waals surface area contributed by atoms with Gasteiger partial charge in [0.15, 0.2) is 5.76 Å². The van der Waals surface area contributed by atoms with Crippen molar-refractivity contribution in [2.24, 2.45) is 5.10 Å². The standard InChI is InChI=1S/C35H26FN5O4/c1-21-27(24-8-4-6-11-29(24)40(21)20-33(42)38-23-16-14-22(36)15-17-23)19-37-41-34(39-28-10-5-3-9-25(28)35(41)43)32-18-26-30(44-2)12-7-13-31(26)45-32/h3-19H,20H2,1-2H3,(H,38,42). The van der Waals surface area contributed by atoms with Crippen molar-refractivity contribution in [2.45, 2.75) is 13.5 Å². The number of nitrogens with one attached hydrogen (secondary N) is 1. The first-order valence-electron chi connectivity index (χ1n) is 14.2. The molecule has 0 spiro atoms. The third kappa shape index (κ3) is 5.02. The van der Waals surface area contributed by atoms with E-state index in [1.54, 1.807) is 37.6 Å². The van der Waals surface area contributed by atoms with Gasteiger partial charge >= 0.3 is 0 Å². The van der Waals surface area contributed by atoms with E-state index < -0.39 is 0 Å². The number of rotatable bonds is 7. The zero-order chi connectivity index (χ0) is 31.1. The molecular weight excluding hydrogens is 573 g/mol. The number of hydrogen-bond donors (Lipinski definition) is 1. The molecule has 7 rings (SSSR count). The Balaban J connectivity index is 1.33. The maximum Gasteiger partial charge on any atom is 0.282 e. The van der Waals surface area contributed by atoms with Crippen LogP contribution in [0.1, 0.15) is 11.3 Å². The fourth-order valence-corrected chi connectivity index (χ4v) is 5.53. The molecule has 0 aliphatic heterocycles. The molecule has 4 aromatic carbocycles. The lowest BCUT2D eigenvalue weighted by Crippen LogP contribution is -2.20. The third-order valence-electron chi connectivity index (χ3n) is 7.73. The molecule has 0 aliphatic carbocycles. The third-order valence-corrected chi connectivity index (χ3v) is 7.73. The van der Waals surface area contributed by atoms with Crippen molar-refractivity contribution in [1.29, 1.82) is 0 Å². The summed E-state index contributed by atoms with van der Waals surface area (Å²) in [5, 5.41) is 9.48. The number of carbonyl (C=O) groups excluding carboxylic acids is 1. The minimum atomic E-state index is -0.381. The minimum absolute atomic E-state index is 0.0150. The Bertz CT molecular complexity index is 2330. The van der Waals surface area contributed by atoms with Gasteiger partial charge in [0.1, 0.15) is 23.7 Å². The molecule has 7 aromatic rings. The molecule has 10 heteroatoms. The molecule has 0 radical (unpaired) electrons. The smallest absolute Gasteiger partial charge is 0.282 e. The van der Waals surface area contributed by atoms with E-state index in [-0.39, 0.29) is 29.7 Å². The molecule has 9 nitrogen and oxygen atoms in total. The van der Waals surface area contributed by atoms with E-state index in [1.165, 1.54) is 28.9 Å². The van der Waals surface area contributed by atoms with Crippen LogP contribution in [0, 0.1) is 12.7 Å². The first-order chi connectivity index (χ1) is 21.9. The Kier molecular flexibility index (Phi) is 6.94. The topological polar surface area (TPSA) is 104 Å². The average Bonchev–Trinajstić information content (AvgIpc) is 3.60. The highest BCUT2D eigenvalue weighted by Gasteiger charge is 2.19. The summed E-state index contributed by atoms with van der Waals surface area (Å²) < 4.78 is 28.1. The summed E-state index contributed by atoms with van der Waals surface area (Å²) in [5.74, 6) is 0.562. The monoisotopic (exact) mass is 599 g/mol. The van der Waals surface area contributed by atoms with Gasteiger partial charge in [-0.3, -0.25) is 9.59 Å². The summed E-state index contributed by atoms with van der Waals surface area (Å²) in [5.41, 5.74) is 3.55. The largest absolute Gasteiger partial charge is 0.496 e. The summed E-state index contributed by atoms with van der Waals surface area (Å²) in [4.78, 5) is 31.6. The molecule has 0 saturated heterocycles. The Morgan fingerprint density at radius 2 is 1.73 bits per heavy atom. The molecule has 222 valence electrons. The molecule has 0 unspecified atom stereocenters. The van der Waals surface area contributed by atoms with Gasteiger partial charge in [-0.2, -0.15) is 9.78 Å². The molecule has 0 saturated carbocycles. The van der Waals surface area contributed by atoms with Gasteiger partial charge in [-0.05, 0) is 67.6 Å². The molecular formula is C35H26FN5O4. The number of fused-ring (bicyclic) bond motifs is 3. The van der Waals surface area contributed by atoms with E-state index in [0.717, 1.165) is 27.5 Å². The Morgan fingerprint density at radius 3 is 2.53 bits per heavy atom. The molecule has 3 heterocycles. The number of hydrogen-bond acceptors (Lipinski definition) is 6. The lowest BCUT2D eigenvalue weighted by atomic mass is 10.1. The van der Waals surface area contributed by atoms with Gasteiger partial charge < -0.3 is 19.0 Å². The number of nitrogens with zero attached hydrogens (tertiary/aromatic N) is 4. The minimum Gasteiger partial charge on any atom is -0.496 e. The van der Waals surface area contributed by atoms with Crippen LogP contribution in [0.5, 0.6) is 5.75 Å². The first kappa shape index (κ1) is 27.8. The predicted octanol–water partition coefficient (Wildman–Crippen LogP) is 6.74. The Hall–Kier alpha value is -6.03. The van der Waals surface area contributed by atoms with Crippen molar-refractivity contribution in [2.75, 3.05) is 12.4 Å². The van der Waals surface area contributed by atoms with Crippen LogP contribution in [0.25, 0.3) is 44.4 Å². The number of para-hydroxylation sites is 2. The summed E-state index contributed by atoms with van der Waals surface area (Å²) in [7, 11) is 1.58. The van der Waals surface area contributed by atoms with Crippen molar-refractivity contribution in [3.8, 4) is 17.3 Å². The number of benzene rings is 4. The SMILES string of the molecule is COc1cccc2oc(-c3nc4ccccc4c(=O)n3N=Cc3c(C)n(CC(=O)Nc4ccc(F)cc4)c4ccccc34)cc12. The molecule has 1 amide bonds. The number of furan rings is 1. The fraction of sp³-hybridized carbons (Fsp3) is 0.0857. The predicted molar refractivity (Wildman–Crippen MR) is 172 cm³/mol. The Morgan fingerprint density at radius 1 is 0.978 bits per heavy atom. The summed E-state index contributed by atoms with van der Waals surface area (Å²) in [6.45, 7) is 1.90. The number of aromatic nitrogens is 3. The van der Waals surface area contributed by atoms with Crippen LogP contribution in [-0.4, -0.2) is 33.5 Å². The van der Waals surface area contributed by atoms with Gasteiger partial charge in [0, 0.05) is 27.8 Å². The quantitative estimate of drug-likeness (QED) is 0.204.